The van der Waals surface area contributed by atoms with Crippen LogP contribution >= 0.6 is 0 Å². The summed E-state index contributed by atoms with van der Waals surface area (Å²) in [6.45, 7) is 15.8. The molecule has 1 aliphatic heterocycles. The molecule has 300 valence electrons. The molecule has 3 fully saturated rings. The molecule has 5 amide bonds. The van der Waals surface area contributed by atoms with Gasteiger partial charge in [0.25, 0.3) is 5.91 Å². The van der Waals surface area contributed by atoms with Gasteiger partial charge in [0.15, 0.2) is 0 Å². The van der Waals surface area contributed by atoms with E-state index in [1.807, 2.05) is 58.9 Å². The van der Waals surface area contributed by atoms with Gasteiger partial charge in [-0.2, -0.15) is 0 Å². The molecule has 0 aromatic heterocycles. The number of likely N-dealkylation sites (tertiary alicyclic amines) is 1. The van der Waals surface area contributed by atoms with Crippen LogP contribution in [0.5, 0.6) is 0 Å². The molecule has 0 spiro atoms. The molecule has 5 rings (SSSR count). The van der Waals surface area contributed by atoms with E-state index in [-0.39, 0.29) is 41.5 Å². The van der Waals surface area contributed by atoms with Gasteiger partial charge in [-0.25, -0.2) is 17.5 Å². The van der Waals surface area contributed by atoms with Gasteiger partial charge in [0, 0.05) is 37.6 Å². The van der Waals surface area contributed by atoms with E-state index in [2.05, 4.69) is 35.1 Å². The lowest BCUT2D eigenvalue weighted by atomic mass is 9.78. The summed E-state index contributed by atoms with van der Waals surface area (Å²) in [7, 11) is -2.03. The van der Waals surface area contributed by atoms with Crippen molar-refractivity contribution in [2.75, 3.05) is 25.9 Å². The van der Waals surface area contributed by atoms with Crippen molar-refractivity contribution in [2.24, 2.45) is 28.1 Å². The molecular formula is C40H62N6O7S. The normalized spacial score (nSPS) is 24.1. The van der Waals surface area contributed by atoms with Gasteiger partial charge >= 0.3 is 6.03 Å². The Morgan fingerprint density at radius 1 is 0.963 bits per heavy atom. The number of piperidine rings is 1. The summed E-state index contributed by atoms with van der Waals surface area (Å²) in [5.74, 6) is -2.41. The summed E-state index contributed by atoms with van der Waals surface area (Å²) in [6.07, 6.45) is 4.41. The first-order valence-electron chi connectivity index (χ1n) is 19.7. The van der Waals surface area contributed by atoms with Crippen molar-refractivity contribution in [2.45, 2.75) is 131 Å². The maximum absolute atomic E-state index is 15.1. The highest BCUT2D eigenvalue weighted by atomic mass is 32.2. The van der Waals surface area contributed by atoms with Crippen molar-refractivity contribution in [1.29, 1.82) is 0 Å². The topological polar surface area (TPSA) is 174 Å². The molecule has 1 saturated heterocycles. The molecular weight excluding hydrogens is 709 g/mol. The molecule has 6 atom stereocenters. The Kier molecular flexibility index (Phi) is 12.0. The lowest BCUT2D eigenvalue weighted by Gasteiger charge is -2.40. The standard InChI is InChI=1S/C40H62N6O7S/c1-10-12-17-28(32(47)35(49)41-26-18-19-26)42-34(48)31-30-27(39(30,6)7)22-46(31)36(50)33(40(8)20-24-15-13-14-16-25(24)21-40)44-37(51)43-29(38(3,4)5)23-45(9)54(52,53)11-2/h13-16,26-31,33H,10-12,17-23H2,1-9H3,(H,41,49)(H,42,48)(H2,43,44,51)/t27-,28?,29+,30-,31-,33+/m0/s1. The first-order chi connectivity index (χ1) is 25.1. The molecule has 1 aromatic rings. The highest BCUT2D eigenvalue weighted by Gasteiger charge is 2.70. The molecule has 54 heavy (non-hydrogen) atoms. The Hall–Kier alpha value is -3.52. The Balaban J connectivity index is 1.42. The minimum Gasteiger partial charge on any atom is -0.347 e. The highest BCUT2D eigenvalue weighted by molar-refractivity contribution is 7.89. The van der Waals surface area contributed by atoms with Crippen LogP contribution in [0.25, 0.3) is 0 Å². The van der Waals surface area contributed by atoms with Crippen LogP contribution in [0.4, 0.5) is 4.79 Å². The fourth-order valence-electron chi connectivity index (χ4n) is 8.59. The Labute approximate surface area is 321 Å². The number of amides is 5. The van der Waals surface area contributed by atoms with Crippen LogP contribution in [0.1, 0.15) is 98.6 Å². The second-order valence-corrected chi connectivity index (χ2v) is 20.5. The van der Waals surface area contributed by atoms with Crippen LogP contribution in [-0.4, -0.2) is 103 Å². The molecule has 4 aliphatic rings. The number of nitrogens with zero attached hydrogens (tertiary/aromatic N) is 2. The van der Waals surface area contributed by atoms with E-state index in [1.54, 1.807) is 11.8 Å². The number of fused-ring (bicyclic) bond motifs is 2. The fourth-order valence-corrected chi connectivity index (χ4v) is 9.40. The average molecular weight is 771 g/mol. The number of urea groups is 1. The van der Waals surface area contributed by atoms with E-state index in [0.29, 0.717) is 32.2 Å². The molecule has 4 N–H and O–H groups in total. The summed E-state index contributed by atoms with van der Waals surface area (Å²) >= 11 is 0. The highest BCUT2D eigenvalue weighted by Crippen LogP contribution is 2.65. The number of hydrogen-bond acceptors (Lipinski definition) is 7. The number of sulfonamides is 1. The number of rotatable bonds is 16. The molecule has 0 bridgehead atoms. The van der Waals surface area contributed by atoms with Gasteiger partial charge in [-0.05, 0) is 72.8 Å². The van der Waals surface area contributed by atoms with Crippen molar-refractivity contribution in [1.82, 2.24) is 30.5 Å². The van der Waals surface area contributed by atoms with Crippen LogP contribution in [0.3, 0.4) is 0 Å². The summed E-state index contributed by atoms with van der Waals surface area (Å²) in [6, 6.07) is 3.80. The molecule has 0 radical (unpaired) electrons. The quantitative estimate of drug-likeness (QED) is 0.187. The third kappa shape index (κ3) is 8.79. The molecule has 2 saturated carbocycles. The fraction of sp³-hybridized carbons (Fsp3) is 0.725. The average Bonchev–Trinajstić information content (AvgIpc) is 3.88. The van der Waals surface area contributed by atoms with Gasteiger partial charge in [-0.1, -0.05) is 85.6 Å². The molecule has 1 heterocycles. The van der Waals surface area contributed by atoms with Crippen LogP contribution in [-0.2, 0) is 42.0 Å². The predicted molar refractivity (Wildman–Crippen MR) is 207 cm³/mol. The van der Waals surface area contributed by atoms with E-state index >= 15 is 4.79 Å². The Morgan fingerprint density at radius 2 is 1.57 bits per heavy atom. The number of unbranched alkanes of at least 4 members (excludes halogenated alkanes) is 1. The Bertz CT molecular complexity index is 1710. The minimum absolute atomic E-state index is 0.00590. The van der Waals surface area contributed by atoms with Crippen LogP contribution in [0, 0.1) is 28.1 Å². The third-order valence-corrected chi connectivity index (χ3v) is 14.4. The summed E-state index contributed by atoms with van der Waals surface area (Å²) in [4.78, 5) is 71.2. The minimum atomic E-state index is -3.52. The van der Waals surface area contributed by atoms with Crippen LogP contribution < -0.4 is 21.3 Å². The van der Waals surface area contributed by atoms with E-state index in [1.165, 1.54) is 11.4 Å². The van der Waals surface area contributed by atoms with Crippen molar-refractivity contribution in [3.8, 4) is 0 Å². The molecule has 1 aromatic carbocycles. The van der Waals surface area contributed by atoms with Crippen LogP contribution in [0.2, 0.25) is 0 Å². The lowest BCUT2D eigenvalue weighted by molar-refractivity contribution is -0.145. The number of likely N-dealkylation sites (N-methyl/N-ethyl adjacent to an activating group) is 1. The maximum Gasteiger partial charge on any atom is 0.315 e. The number of ketones is 1. The van der Waals surface area contributed by atoms with Gasteiger partial charge in [-0.3, -0.25) is 19.2 Å². The van der Waals surface area contributed by atoms with Crippen molar-refractivity contribution in [3.63, 3.8) is 0 Å². The molecule has 13 nitrogen and oxygen atoms in total. The summed E-state index contributed by atoms with van der Waals surface area (Å²) < 4.78 is 26.6. The number of carbonyl (C=O) groups excluding carboxylic acids is 5. The van der Waals surface area contributed by atoms with Gasteiger partial charge in [0.05, 0.1) is 11.8 Å². The number of carbonyl (C=O) groups is 5. The van der Waals surface area contributed by atoms with E-state index in [9.17, 15) is 27.6 Å². The van der Waals surface area contributed by atoms with Gasteiger partial charge < -0.3 is 26.2 Å². The maximum atomic E-state index is 15.1. The van der Waals surface area contributed by atoms with Crippen molar-refractivity contribution < 1.29 is 32.4 Å². The summed E-state index contributed by atoms with van der Waals surface area (Å²) in [5, 5.41) is 11.7. The zero-order valence-corrected chi connectivity index (χ0v) is 34.4. The lowest BCUT2D eigenvalue weighted by Crippen LogP contribution is -2.63. The smallest absolute Gasteiger partial charge is 0.315 e. The third-order valence-electron chi connectivity index (χ3n) is 12.5. The second kappa shape index (κ2) is 15.5. The van der Waals surface area contributed by atoms with E-state index < -0.39 is 68.6 Å². The molecule has 3 aliphatic carbocycles. The number of hydrogen-bond donors (Lipinski definition) is 4. The SMILES string of the molecule is CCCCC(NC(=O)[C@@H]1[C@@H]2[C@H](CN1C(=O)[C@@H](NC(=O)N[C@H](CN(C)S(=O)(=O)CC)C(C)(C)C)C1(C)Cc3ccccc3C1)C2(C)C)C(=O)C(=O)NC1CC1. The number of Topliss-reactive ketones (excluding diaryl/α,β-unsaturated/α-hetero) is 1. The zero-order valence-electron chi connectivity index (χ0n) is 33.6. The molecule has 14 heteroatoms. The second-order valence-electron chi connectivity index (χ2n) is 18.1. The largest absolute Gasteiger partial charge is 0.347 e. The zero-order chi connectivity index (χ0) is 40.0. The van der Waals surface area contributed by atoms with Gasteiger partial charge in [0.2, 0.25) is 27.6 Å². The predicted octanol–water partition coefficient (Wildman–Crippen LogP) is 3.16. The van der Waals surface area contributed by atoms with Crippen molar-refractivity contribution >= 4 is 39.6 Å². The molecule has 1 unspecified atom stereocenters. The van der Waals surface area contributed by atoms with Gasteiger partial charge in [-0.15, -0.1) is 0 Å². The van der Waals surface area contributed by atoms with Crippen LogP contribution in [0.15, 0.2) is 24.3 Å². The summed E-state index contributed by atoms with van der Waals surface area (Å²) in [5.41, 5.74) is 0.667. The number of benzene rings is 1. The number of nitrogens with one attached hydrogen (secondary N) is 4. The van der Waals surface area contributed by atoms with E-state index in [4.69, 9.17) is 0 Å². The monoisotopic (exact) mass is 770 g/mol. The Morgan fingerprint density at radius 3 is 2.11 bits per heavy atom. The van der Waals surface area contributed by atoms with Crippen molar-refractivity contribution in [3.05, 3.63) is 35.4 Å². The first-order valence-corrected chi connectivity index (χ1v) is 21.3. The first kappa shape index (κ1) is 41.6. The van der Waals surface area contributed by atoms with Gasteiger partial charge in [0.1, 0.15) is 12.1 Å². The van der Waals surface area contributed by atoms with E-state index in [0.717, 1.165) is 30.4 Å².